The van der Waals surface area contributed by atoms with E-state index in [1.807, 2.05) is 18.2 Å². The van der Waals surface area contributed by atoms with Crippen LogP contribution in [0.15, 0.2) is 60.7 Å². The van der Waals surface area contributed by atoms with Crippen LogP contribution in [0.4, 0.5) is 0 Å². The number of carbonyl (C=O) groups excluding carboxylic acids is 7. The molecule has 392 valence electrons. The highest BCUT2D eigenvalue weighted by atomic mass is 16.5. The molecule has 72 heavy (non-hydrogen) atoms. The van der Waals surface area contributed by atoms with Gasteiger partial charge in [0.05, 0.1) is 12.7 Å². The number of phenols is 1. The van der Waals surface area contributed by atoms with Crippen LogP contribution in [0.2, 0.25) is 0 Å². The number of aliphatic hydroxyl groups excluding tert-OH is 1. The van der Waals surface area contributed by atoms with Crippen molar-refractivity contribution in [3.05, 3.63) is 71.8 Å². The van der Waals surface area contributed by atoms with Crippen molar-refractivity contribution >= 4 is 52.1 Å². The van der Waals surface area contributed by atoms with Gasteiger partial charge in [-0.05, 0) is 137 Å². The maximum absolute atomic E-state index is 14.5. The molecule has 3 aliphatic rings. The molecular formula is C53H75N9O10. The topological polar surface area (TPSA) is 288 Å². The lowest BCUT2D eigenvalue weighted by Gasteiger charge is -2.32. The highest BCUT2D eigenvalue weighted by molar-refractivity contribution is 6.02. The van der Waals surface area contributed by atoms with Gasteiger partial charge in [0.15, 0.2) is 0 Å². The number of phenolic OH excluding ortho intramolecular Hbond substituents is 1. The lowest BCUT2D eigenvalue weighted by Crippen LogP contribution is -2.61. The number of aliphatic hydroxyl groups is 1. The average Bonchev–Trinajstić information content (AvgIpc) is 4.03. The number of rotatable bonds is 17. The molecule has 0 saturated carbocycles. The number of nitrogens with two attached hydrogens (primary N) is 2. The van der Waals surface area contributed by atoms with Crippen LogP contribution in [0.3, 0.4) is 0 Å². The van der Waals surface area contributed by atoms with Crippen molar-refractivity contribution < 1.29 is 48.5 Å². The Labute approximate surface area is 421 Å². The molecule has 3 saturated heterocycles. The standard InChI is InChI=1S/C53H75N9O10/c1-3-4-5-6-9-28-72-40-23-20-35-29-37(19-18-36(35)30-40)47(65)57-41-13-10-26-56-50(68)45-31-38(55)32-62(45)52(70)43(12-7-8-25-54)59-48(66)42(24-17-34-15-21-39(64)22-16-34)58-51(69)44-14-11-27-61(44)53(71)46(33(2)63)60-49(41)67/h15-16,18-23,29-30,33,38,41-46,63-64H,3-14,17,24-28,31-32,54-55H2,1-2H3,(H,56,68)(H,57,65)(H,58,69)(H,59,66)(H,60,67)/t33?,38-,41-,42-,43-,44-,45-,46-/m0/s1. The van der Waals surface area contributed by atoms with Crippen molar-refractivity contribution in [1.29, 1.82) is 0 Å². The predicted molar refractivity (Wildman–Crippen MR) is 271 cm³/mol. The average molecular weight is 998 g/mol. The maximum Gasteiger partial charge on any atom is 0.251 e. The van der Waals surface area contributed by atoms with Crippen LogP contribution in [0.25, 0.3) is 10.8 Å². The number of nitrogens with zero attached hydrogens (tertiary/aromatic N) is 2. The van der Waals surface area contributed by atoms with Crippen LogP contribution in [0.1, 0.15) is 120 Å². The second-order valence-corrected chi connectivity index (χ2v) is 19.5. The molecule has 0 radical (unpaired) electrons. The molecule has 0 aliphatic carbocycles. The number of fused-ring (bicyclic) bond motifs is 3. The van der Waals surface area contributed by atoms with Crippen molar-refractivity contribution in [1.82, 2.24) is 36.4 Å². The molecule has 11 N–H and O–H groups in total. The van der Waals surface area contributed by atoms with E-state index in [1.54, 1.807) is 30.3 Å². The number of carbonyl (C=O) groups is 7. The summed E-state index contributed by atoms with van der Waals surface area (Å²) >= 11 is 0. The first kappa shape index (κ1) is 55.0. The smallest absolute Gasteiger partial charge is 0.251 e. The van der Waals surface area contributed by atoms with E-state index in [2.05, 4.69) is 33.5 Å². The minimum atomic E-state index is -1.53. The molecule has 3 aromatic rings. The number of hydrogen-bond acceptors (Lipinski definition) is 12. The first-order chi connectivity index (χ1) is 34.7. The number of aryl methyl sites for hydroxylation is 1. The summed E-state index contributed by atoms with van der Waals surface area (Å²) in [6.07, 6.45) is 6.68. The fraction of sp³-hybridized carbons (Fsp3) is 0.566. The van der Waals surface area contributed by atoms with Gasteiger partial charge >= 0.3 is 0 Å². The zero-order valence-electron chi connectivity index (χ0n) is 41.7. The van der Waals surface area contributed by atoms with Crippen molar-refractivity contribution in [2.24, 2.45) is 11.5 Å². The van der Waals surface area contributed by atoms with Crippen LogP contribution >= 0.6 is 0 Å². The van der Waals surface area contributed by atoms with E-state index in [0.717, 1.165) is 34.9 Å². The van der Waals surface area contributed by atoms with Gasteiger partial charge in [0, 0.05) is 31.2 Å². The van der Waals surface area contributed by atoms with Crippen LogP contribution in [0.5, 0.6) is 11.5 Å². The molecule has 3 fully saturated rings. The SMILES string of the molecule is CCCCCCCOc1ccc2cc(C(=O)N[C@H]3CCCNC(=O)[C@@H]4C[C@H](N)CN4C(=O)[C@H](CCCCN)NC(=O)[C@H](CCc4ccc(O)cc4)NC(=O)[C@@H]4CCCN4C(=O)[C@H](C(C)O)NC3=O)ccc2c1. The molecular weight excluding hydrogens is 923 g/mol. The van der Waals surface area contributed by atoms with E-state index in [-0.39, 0.29) is 75.9 Å². The normalized spacial score (nSPS) is 24.3. The molecule has 3 aromatic carbocycles. The summed E-state index contributed by atoms with van der Waals surface area (Å²) in [5.41, 5.74) is 13.2. The van der Waals surface area contributed by atoms with E-state index in [4.69, 9.17) is 16.2 Å². The van der Waals surface area contributed by atoms with Crippen molar-refractivity contribution in [2.75, 3.05) is 32.8 Å². The summed E-state index contributed by atoms with van der Waals surface area (Å²) in [6, 6.07) is 9.47. The Kier molecular flexibility index (Phi) is 20.6. The number of nitrogens with one attached hydrogen (secondary N) is 5. The third-order valence-corrected chi connectivity index (χ3v) is 13.8. The van der Waals surface area contributed by atoms with E-state index in [9.17, 15) is 43.8 Å². The number of hydrogen-bond donors (Lipinski definition) is 9. The van der Waals surface area contributed by atoms with E-state index >= 15 is 0 Å². The van der Waals surface area contributed by atoms with E-state index < -0.39 is 89.7 Å². The molecule has 3 aliphatic heterocycles. The number of aromatic hydroxyl groups is 1. The zero-order chi connectivity index (χ0) is 51.7. The molecule has 0 spiro atoms. The fourth-order valence-electron chi connectivity index (χ4n) is 9.71. The van der Waals surface area contributed by atoms with E-state index in [1.165, 1.54) is 48.1 Å². The minimum Gasteiger partial charge on any atom is -0.508 e. The summed E-state index contributed by atoms with van der Waals surface area (Å²) < 4.78 is 5.99. The van der Waals surface area contributed by atoms with Gasteiger partial charge in [-0.25, -0.2) is 0 Å². The zero-order valence-corrected chi connectivity index (χ0v) is 41.7. The molecule has 0 bridgehead atoms. The summed E-state index contributed by atoms with van der Waals surface area (Å²) in [6.45, 7) is 4.66. The Morgan fingerprint density at radius 2 is 1.51 bits per heavy atom. The van der Waals surface area contributed by atoms with Crippen LogP contribution < -0.4 is 42.8 Å². The largest absolute Gasteiger partial charge is 0.508 e. The third-order valence-electron chi connectivity index (χ3n) is 13.8. The van der Waals surface area contributed by atoms with Crippen molar-refractivity contribution in [3.8, 4) is 11.5 Å². The van der Waals surface area contributed by atoms with Gasteiger partial charge in [-0.2, -0.15) is 0 Å². The van der Waals surface area contributed by atoms with Gasteiger partial charge in [-0.15, -0.1) is 0 Å². The van der Waals surface area contributed by atoms with Crippen molar-refractivity contribution in [3.63, 3.8) is 0 Å². The van der Waals surface area contributed by atoms with Crippen LogP contribution in [-0.4, -0.2) is 143 Å². The predicted octanol–water partition coefficient (Wildman–Crippen LogP) is 2.42. The van der Waals surface area contributed by atoms with Gasteiger partial charge in [0.25, 0.3) is 5.91 Å². The summed E-state index contributed by atoms with van der Waals surface area (Å²) in [5, 5.41) is 36.6. The number of ether oxygens (including phenoxy) is 1. The Morgan fingerprint density at radius 3 is 2.26 bits per heavy atom. The summed E-state index contributed by atoms with van der Waals surface area (Å²) in [4.78, 5) is 102. The quantitative estimate of drug-likeness (QED) is 0.0882. The monoisotopic (exact) mass is 998 g/mol. The molecule has 8 atom stereocenters. The fourth-order valence-corrected chi connectivity index (χ4v) is 9.71. The summed E-state index contributed by atoms with van der Waals surface area (Å²) in [7, 11) is 0. The first-order valence-corrected chi connectivity index (χ1v) is 25.9. The molecule has 7 amide bonds. The Bertz CT molecular complexity index is 2350. The van der Waals surface area contributed by atoms with Crippen molar-refractivity contribution in [2.45, 2.75) is 159 Å². The Balaban J connectivity index is 1.26. The first-order valence-electron chi connectivity index (χ1n) is 25.9. The Hall–Kier alpha value is -6.31. The molecule has 3 heterocycles. The lowest BCUT2D eigenvalue weighted by atomic mass is 10.0. The Morgan fingerprint density at radius 1 is 0.778 bits per heavy atom. The molecule has 19 heteroatoms. The molecule has 0 aromatic heterocycles. The van der Waals surface area contributed by atoms with Gasteiger partial charge in [0.1, 0.15) is 47.8 Å². The van der Waals surface area contributed by atoms with Gasteiger partial charge in [-0.1, -0.05) is 56.9 Å². The second kappa shape index (κ2) is 26.9. The van der Waals surface area contributed by atoms with Crippen LogP contribution in [0, 0.1) is 0 Å². The number of unbranched alkanes of at least 4 members (excludes halogenated alkanes) is 5. The highest BCUT2D eigenvalue weighted by Crippen LogP contribution is 2.25. The number of benzene rings is 3. The third kappa shape index (κ3) is 15.1. The lowest BCUT2D eigenvalue weighted by molar-refractivity contribution is -0.144. The van der Waals surface area contributed by atoms with Gasteiger partial charge < -0.3 is 62.8 Å². The minimum absolute atomic E-state index is 0.00630. The van der Waals surface area contributed by atoms with E-state index in [0.29, 0.717) is 32.4 Å². The highest BCUT2D eigenvalue weighted by Gasteiger charge is 2.43. The summed E-state index contributed by atoms with van der Waals surface area (Å²) in [5.74, 6) is -3.63. The van der Waals surface area contributed by atoms with Crippen LogP contribution in [-0.2, 0) is 35.2 Å². The molecule has 19 nitrogen and oxygen atoms in total. The van der Waals surface area contributed by atoms with Gasteiger partial charge in [-0.3, -0.25) is 33.6 Å². The maximum atomic E-state index is 14.5. The second-order valence-electron chi connectivity index (χ2n) is 19.5. The number of amides is 7. The van der Waals surface area contributed by atoms with Gasteiger partial charge in [0.2, 0.25) is 35.4 Å². The molecule has 6 rings (SSSR count). The molecule has 1 unspecified atom stereocenters.